The molecule has 0 spiro atoms. The zero-order valence-electron chi connectivity index (χ0n) is 15.4. The van der Waals surface area contributed by atoms with Gasteiger partial charge in [0, 0.05) is 47.9 Å². The van der Waals surface area contributed by atoms with Crippen LogP contribution >= 0.6 is 34.5 Å². The molecule has 1 aromatic carbocycles. The second kappa shape index (κ2) is 8.63. The molecule has 0 radical (unpaired) electrons. The summed E-state index contributed by atoms with van der Waals surface area (Å²) in [5, 5.41) is 3.16. The highest BCUT2D eigenvalue weighted by atomic mass is 35.5. The monoisotopic (exact) mass is 424 g/mol. The molecule has 2 amide bonds. The van der Waals surface area contributed by atoms with E-state index in [-0.39, 0.29) is 30.7 Å². The summed E-state index contributed by atoms with van der Waals surface area (Å²) in [6, 6.07) is 7.15. The van der Waals surface area contributed by atoms with Crippen molar-refractivity contribution in [3.63, 3.8) is 0 Å². The molecule has 2 aromatic rings. The molecule has 0 saturated carbocycles. The zero-order chi connectivity index (χ0) is 19.6. The minimum atomic E-state index is -0.194. The molecule has 0 aliphatic carbocycles. The highest BCUT2D eigenvalue weighted by Gasteiger charge is 2.24. The predicted octanol–water partition coefficient (Wildman–Crippen LogP) is 4.94. The van der Waals surface area contributed by atoms with Gasteiger partial charge in [-0.05, 0) is 48.1 Å². The molecule has 4 nitrogen and oxygen atoms in total. The summed E-state index contributed by atoms with van der Waals surface area (Å²) < 4.78 is 0. The number of halogens is 2. The van der Waals surface area contributed by atoms with Crippen LogP contribution in [0.3, 0.4) is 0 Å². The summed E-state index contributed by atoms with van der Waals surface area (Å²) in [7, 11) is 1.74. The average molecular weight is 425 g/mol. The lowest BCUT2D eigenvalue weighted by atomic mass is 10.1. The third-order valence-corrected chi connectivity index (χ3v) is 6.69. The Morgan fingerprint density at radius 1 is 1.26 bits per heavy atom. The van der Waals surface area contributed by atoms with Crippen molar-refractivity contribution in [2.45, 2.75) is 38.8 Å². The maximum Gasteiger partial charge on any atom is 0.223 e. The van der Waals surface area contributed by atoms with Crippen molar-refractivity contribution in [1.82, 2.24) is 9.80 Å². The molecular formula is C20H22Cl2N2O2S. The van der Waals surface area contributed by atoms with Gasteiger partial charge in [0.25, 0.3) is 0 Å². The minimum absolute atomic E-state index is 0.0331. The Hall–Kier alpha value is -1.56. The van der Waals surface area contributed by atoms with Crippen LogP contribution in [-0.2, 0) is 22.6 Å². The van der Waals surface area contributed by atoms with E-state index in [1.165, 1.54) is 10.4 Å². The topological polar surface area (TPSA) is 40.6 Å². The van der Waals surface area contributed by atoms with Crippen LogP contribution in [-0.4, -0.2) is 35.2 Å². The van der Waals surface area contributed by atoms with E-state index in [0.29, 0.717) is 16.6 Å². The first kappa shape index (κ1) is 20.2. The molecule has 144 valence electrons. The number of nitrogens with zero attached hydrogens (tertiary/aromatic N) is 2. The van der Waals surface area contributed by atoms with Gasteiger partial charge in [0.2, 0.25) is 11.8 Å². The van der Waals surface area contributed by atoms with E-state index >= 15 is 0 Å². The number of fused-ring (bicyclic) bond motifs is 1. The fourth-order valence-corrected chi connectivity index (χ4v) is 4.73. The van der Waals surface area contributed by atoms with Crippen molar-refractivity contribution >= 4 is 46.4 Å². The largest absolute Gasteiger partial charge is 0.339 e. The number of thiophene rings is 1. The lowest BCUT2D eigenvalue weighted by Gasteiger charge is -2.28. The Labute approximate surface area is 173 Å². The summed E-state index contributed by atoms with van der Waals surface area (Å²) in [6.45, 7) is 3.29. The number of amides is 2. The maximum atomic E-state index is 12.6. The molecule has 3 rings (SSSR count). The summed E-state index contributed by atoms with van der Waals surface area (Å²) in [5.41, 5.74) is 2.07. The second-order valence-corrected chi connectivity index (χ2v) is 8.63. The summed E-state index contributed by atoms with van der Waals surface area (Å²) in [5.74, 6) is -0.0409. The molecule has 0 saturated heterocycles. The lowest BCUT2D eigenvalue weighted by Crippen LogP contribution is -2.36. The van der Waals surface area contributed by atoms with Gasteiger partial charge < -0.3 is 9.80 Å². The molecule has 1 atom stereocenters. The molecule has 1 aliphatic rings. The molecule has 27 heavy (non-hydrogen) atoms. The third kappa shape index (κ3) is 4.65. The minimum Gasteiger partial charge on any atom is -0.339 e. The number of hydrogen-bond donors (Lipinski definition) is 0. The number of carbonyl (C=O) groups is 2. The number of rotatable bonds is 5. The highest BCUT2D eigenvalue weighted by Crippen LogP contribution is 2.29. The van der Waals surface area contributed by atoms with Gasteiger partial charge in [-0.15, -0.1) is 11.3 Å². The Morgan fingerprint density at radius 3 is 2.78 bits per heavy atom. The van der Waals surface area contributed by atoms with E-state index in [4.69, 9.17) is 23.2 Å². The molecule has 2 heterocycles. The first-order valence-corrected chi connectivity index (χ1v) is 10.5. The van der Waals surface area contributed by atoms with E-state index in [2.05, 4.69) is 11.4 Å². The van der Waals surface area contributed by atoms with Crippen LogP contribution in [0.2, 0.25) is 10.0 Å². The van der Waals surface area contributed by atoms with Gasteiger partial charge in [0.05, 0.1) is 6.04 Å². The molecule has 1 unspecified atom stereocenters. The van der Waals surface area contributed by atoms with Gasteiger partial charge in [0.15, 0.2) is 0 Å². The van der Waals surface area contributed by atoms with E-state index in [9.17, 15) is 9.59 Å². The maximum absolute atomic E-state index is 12.6. The summed E-state index contributed by atoms with van der Waals surface area (Å²) >= 11 is 13.9. The fourth-order valence-electron chi connectivity index (χ4n) is 3.27. The Balaban J connectivity index is 1.54. The molecule has 0 N–H and O–H groups in total. The van der Waals surface area contributed by atoms with Gasteiger partial charge >= 0.3 is 0 Å². The van der Waals surface area contributed by atoms with Gasteiger partial charge in [-0.1, -0.05) is 29.3 Å². The highest BCUT2D eigenvalue weighted by molar-refractivity contribution is 7.10. The summed E-state index contributed by atoms with van der Waals surface area (Å²) in [4.78, 5) is 29.9. The Bertz CT molecular complexity index is 852. The van der Waals surface area contributed by atoms with E-state index in [0.717, 1.165) is 18.5 Å². The molecule has 1 aromatic heterocycles. The lowest BCUT2D eigenvalue weighted by molar-refractivity contribution is -0.137. The van der Waals surface area contributed by atoms with E-state index in [1.807, 2.05) is 17.9 Å². The standard InChI is InChI=1S/C20H22Cl2N2O2S/c1-13(16-4-3-15(21)11-17(16)22)23(2)19(25)5-6-20(26)24-9-7-18-14(12-24)8-10-27-18/h3-4,8,10-11,13H,5-7,9,12H2,1-2H3. The van der Waals surface area contributed by atoms with Crippen molar-refractivity contribution in [2.24, 2.45) is 0 Å². The normalized spacial score (nSPS) is 14.6. The predicted molar refractivity (Wildman–Crippen MR) is 110 cm³/mol. The zero-order valence-corrected chi connectivity index (χ0v) is 17.7. The van der Waals surface area contributed by atoms with Crippen molar-refractivity contribution in [2.75, 3.05) is 13.6 Å². The van der Waals surface area contributed by atoms with Crippen LogP contribution in [0.5, 0.6) is 0 Å². The molecule has 1 aliphatic heterocycles. The van der Waals surface area contributed by atoms with Crippen molar-refractivity contribution < 1.29 is 9.59 Å². The van der Waals surface area contributed by atoms with Crippen LogP contribution in [0.1, 0.15) is 41.8 Å². The quantitative estimate of drug-likeness (QED) is 0.681. The average Bonchev–Trinajstić information content (AvgIpc) is 3.12. The number of hydrogen-bond acceptors (Lipinski definition) is 3. The Morgan fingerprint density at radius 2 is 2.04 bits per heavy atom. The smallest absolute Gasteiger partial charge is 0.223 e. The van der Waals surface area contributed by atoms with Crippen molar-refractivity contribution in [3.05, 3.63) is 55.7 Å². The van der Waals surface area contributed by atoms with Gasteiger partial charge in [-0.2, -0.15) is 0 Å². The number of benzene rings is 1. The van der Waals surface area contributed by atoms with Crippen molar-refractivity contribution in [1.29, 1.82) is 0 Å². The first-order valence-electron chi connectivity index (χ1n) is 8.90. The summed E-state index contributed by atoms with van der Waals surface area (Å²) in [6.07, 6.45) is 1.32. The van der Waals surface area contributed by atoms with Crippen LogP contribution in [0.4, 0.5) is 0 Å². The van der Waals surface area contributed by atoms with Crippen LogP contribution in [0, 0.1) is 0 Å². The second-order valence-electron chi connectivity index (χ2n) is 6.78. The molecule has 0 bridgehead atoms. The Kier molecular flexibility index (Phi) is 6.45. The van der Waals surface area contributed by atoms with Crippen LogP contribution in [0.15, 0.2) is 29.6 Å². The van der Waals surface area contributed by atoms with E-state index in [1.54, 1.807) is 35.4 Å². The molecular weight excluding hydrogens is 403 g/mol. The first-order chi connectivity index (χ1) is 12.9. The van der Waals surface area contributed by atoms with Crippen LogP contribution < -0.4 is 0 Å². The van der Waals surface area contributed by atoms with Crippen molar-refractivity contribution in [3.8, 4) is 0 Å². The van der Waals surface area contributed by atoms with Gasteiger partial charge in [-0.3, -0.25) is 9.59 Å². The van der Waals surface area contributed by atoms with E-state index < -0.39 is 0 Å². The fraction of sp³-hybridized carbons (Fsp3) is 0.400. The van der Waals surface area contributed by atoms with Crippen LogP contribution in [0.25, 0.3) is 0 Å². The SMILES string of the molecule is CC(c1ccc(Cl)cc1Cl)N(C)C(=O)CCC(=O)N1CCc2sccc2C1. The van der Waals surface area contributed by atoms with Gasteiger partial charge in [0.1, 0.15) is 0 Å². The number of carbonyl (C=O) groups excluding carboxylic acids is 2. The third-order valence-electron chi connectivity index (χ3n) is 5.10. The molecule has 0 fully saturated rings. The molecule has 7 heteroatoms. The van der Waals surface area contributed by atoms with Gasteiger partial charge in [-0.25, -0.2) is 0 Å².